The number of hydrogen-bond acceptors (Lipinski definition) is 5. The molecule has 178 valence electrons. The summed E-state index contributed by atoms with van der Waals surface area (Å²) in [6, 6.07) is 14.8. The highest BCUT2D eigenvalue weighted by molar-refractivity contribution is 6.30. The maximum absolute atomic E-state index is 13.1. The summed E-state index contributed by atoms with van der Waals surface area (Å²) < 4.78 is 13.1. The van der Waals surface area contributed by atoms with Crippen LogP contribution in [0.1, 0.15) is 28.0 Å². The smallest absolute Gasteiger partial charge is 0.223 e. The summed E-state index contributed by atoms with van der Waals surface area (Å²) in [7, 11) is 0. The summed E-state index contributed by atoms with van der Waals surface area (Å²) >= 11 is 5.93. The molecule has 1 aliphatic rings. The number of carbonyl (C=O) groups excluding carboxylic acids is 2. The van der Waals surface area contributed by atoms with E-state index in [9.17, 15) is 14.0 Å². The summed E-state index contributed by atoms with van der Waals surface area (Å²) in [5.41, 5.74) is 2.49. The van der Waals surface area contributed by atoms with E-state index in [4.69, 9.17) is 11.6 Å². The number of anilines is 1. The molecule has 7 nitrogen and oxygen atoms in total. The average Bonchev–Trinajstić information content (AvgIpc) is 3.33. The lowest BCUT2D eigenvalue weighted by molar-refractivity contribution is -0.131. The van der Waals surface area contributed by atoms with Crippen LogP contribution >= 0.6 is 11.6 Å². The van der Waals surface area contributed by atoms with Crippen LogP contribution in [0.25, 0.3) is 11.0 Å². The molecule has 0 radical (unpaired) electrons. The van der Waals surface area contributed by atoms with Crippen molar-refractivity contribution in [2.45, 2.75) is 12.8 Å². The number of benzene rings is 2. The van der Waals surface area contributed by atoms with Crippen molar-refractivity contribution in [3.05, 3.63) is 88.6 Å². The Labute approximate surface area is 206 Å². The number of hydrogen-bond donors (Lipinski definition) is 1. The molecule has 0 bridgehead atoms. The van der Waals surface area contributed by atoms with Gasteiger partial charge in [0.15, 0.2) is 0 Å². The Morgan fingerprint density at radius 2 is 1.69 bits per heavy atom. The number of nitrogens with one attached hydrogen (secondary N) is 1. The predicted octanol–water partition coefficient (Wildman–Crippen LogP) is 4.26. The van der Waals surface area contributed by atoms with Gasteiger partial charge in [-0.1, -0.05) is 23.7 Å². The number of amides is 1. The Kier molecular flexibility index (Phi) is 6.46. The molecule has 1 saturated heterocycles. The van der Waals surface area contributed by atoms with Crippen LogP contribution in [0.15, 0.2) is 60.9 Å². The van der Waals surface area contributed by atoms with Crippen molar-refractivity contribution in [2.75, 3.05) is 31.1 Å². The quantitative estimate of drug-likeness (QED) is 0.407. The number of nitrogens with zero attached hydrogens (tertiary/aromatic N) is 4. The zero-order chi connectivity index (χ0) is 24.4. The monoisotopic (exact) mass is 491 g/mol. The first-order valence-electron chi connectivity index (χ1n) is 11.4. The Morgan fingerprint density at radius 1 is 0.971 bits per heavy atom. The molecular formula is C26H23ClFN5O2. The van der Waals surface area contributed by atoms with E-state index in [0.29, 0.717) is 60.9 Å². The van der Waals surface area contributed by atoms with Crippen LogP contribution < -0.4 is 4.90 Å². The number of aryl methyl sites for hydroxylation is 1. The van der Waals surface area contributed by atoms with Gasteiger partial charge in [-0.2, -0.15) is 0 Å². The van der Waals surface area contributed by atoms with Crippen LogP contribution in [0.4, 0.5) is 10.2 Å². The molecule has 1 amide bonds. The molecule has 2 aromatic carbocycles. The second kappa shape index (κ2) is 9.84. The van der Waals surface area contributed by atoms with Crippen LogP contribution in [-0.4, -0.2) is 57.7 Å². The van der Waals surface area contributed by atoms with E-state index in [0.717, 1.165) is 16.8 Å². The van der Waals surface area contributed by atoms with Crippen LogP contribution in [0.5, 0.6) is 0 Å². The zero-order valence-electron chi connectivity index (χ0n) is 18.9. The average molecular weight is 492 g/mol. The van der Waals surface area contributed by atoms with E-state index in [-0.39, 0.29) is 17.5 Å². The normalized spacial score (nSPS) is 13.9. The van der Waals surface area contributed by atoms with Crippen LogP contribution in [0.2, 0.25) is 5.02 Å². The Bertz CT molecular complexity index is 1360. The van der Waals surface area contributed by atoms with Crippen LogP contribution in [0.3, 0.4) is 0 Å². The molecule has 2 aromatic heterocycles. The second-order valence-corrected chi connectivity index (χ2v) is 8.91. The van der Waals surface area contributed by atoms with E-state index < -0.39 is 0 Å². The van der Waals surface area contributed by atoms with E-state index >= 15 is 0 Å². The summed E-state index contributed by atoms with van der Waals surface area (Å²) in [6.45, 7) is 2.41. The fourth-order valence-electron chi connectivity index (χ4n) is 4.29. The van der Waals surface area contributed by atoms with Crippen molar-refractivity contribution in [3.63, 3.8) is 0 Å². The van der Waals surface area contributed by atoms with E-state index in [1.165, 1.54) is 18.5 Å². The van der Waals surface area contributed by atoms with Gasteiger partial charge < -0.3 is 14.8 Å². The maximum Gasteiger partial charge on any atom is 0.223 e. The largest absolute Gasteiger partial charge is 0.352 e. The number of rotatable bonds is 6. The molecular weight excluding hydrogens is 469 g/mol. The zero-order valence-corrected chi connectivity index (χ0v) is 19.6. The van der Waals surface area contributed by atoms with Crippen molar-refractivity contribution in [3.8, 4) is 0 Å². The first kappa shape index (κ1) is 23.0. The number of carbonyl (C=O) groups is 2. The lowest BCUT2D eigenvalue weighted by Gasteiger charge is -2.35. The van der Waals surface area contributed by atoms with Crippen molar-refractivity contribution in [1.82, 2.24) is 19.9 Å². The number of aromatic nitrogens is 3. The molecule has 1 aliphatic heterocycles. The number of fused-ring (bicyclic) bond motifs is 1. The summed E-state index contributed by atoms with van der Waals surface area (Å²) in [4.78, 5) is 41.4. The van der Waals surface area contributed by atoms with E-state index in [2.05, 4.69) is 19.9 Å². The molecule has 0 atom stereocenters. The van der Waals surface area contributed by atoms with Gasteiger partial charge in [-0.05, 0) is 54.4 Å². The van der Waals surface area contributed by atoms with Gasteiger partial charge in [0, 0.05) is 43.2 Å². The van der Waals surface area contributed by atoms with E-state index in [1.807, 2.05) is 4.90 Å². The molecule has 0 spiro atoms. The van der Waals surface area contributed by atoms with Gasteiger partial charge in [0.1, 0.15) is 23.6 Å². The van der Waals surface area contributed by atoms with Gasteiger partial charge in [-0.15, -0.1) is 0 Å². The molecule has 9 heteroatoms. The van der Waals surface area contributed by atoms with Crippen molar-refractivity contribution in [1.29, 1.82) is 0 Å². The predicted molar refractivity (Wildman–Crippen MR) is 132 cm³/mol. The van der Waals surface area contributed by atoms with Crippen molar-refractivity contribution >= 4 is 40.1 Å². The third-order valence-corrected chi connectivity index (χ3v) is 6.48. The second-order valence-electron chi connectivity index (χ2n) is 8.47. The SMILES string of the molecule is O=C(c1ccc(Cl)cc1)c1cc2c(N3CCN(C(=O)CCc4ccc(F)cc4)CC3)ncnc2[nH]1. The fraction of sp³-hybridized carbons (Fsp3) is 0.231. The van der Waals surface area contributed by atoms with Crippen molar-refractivity contribution in [2.24, 2.45) is 0 Å². The summed E-state index contributed by atoms with van der Waals surface area (Å²) in [6.07, 6.45) is 2.45. The molecule has 3 heterocycles. The minimum Gasteiger partial charge on any atom is -0.352 e. The lowest BCUT2D eigenvalue weighted by Crippen LogP contribution is -2.49. The number of piperazine rings is 1. The number of ketones is 1. The lowest BCUT2D eigenvalue weighted by atomic mass is 10.1. The molecule has 0 unspecified atom stereocenters. The highest BCUT2D eigenvalue weighted by Gasteiger charge is 2.24. The molecule has 35 heavy (non-hydrogen) atoms. The molecule has 0 saturated carbocycles. The number of H-pyrrole nitrogens is 1. The Morgan fingerprint density at radius 3 is 2.40 bits per heavy atom. The maximum atomic E-state index is 13.1. The Balaban J connectivity index is 1.25. The van der Waals surface area contributed by atoms with Gasteiger partial charge in [-0.25, -0.2) is 14.4 Å². The van der Waals surface area contributed by atoms with E-state index in [1.54, 1.807) is 42.5 Å². The summed E-state index contributed by atoms with van der Waals surface area (Å²) in [5, 5.41) is 1.33. The fourth-order valence-corrected chi connectivity index (χ4v) is 4.41. The minimum absolute atomic E-state index is 0.0827. The van der Waals surface area contributed by atoms with Crippen molar-refractivity contribution < 1.29 is 14.0 Å². The van der Waals surface area contributed by atoms with Crippen LogP contribution in [0, 0.1) is 5.82 Å². The molecule has 1 fully saturated rings. The molecule has 5 rings (SSSR count). The molecule has 0 aliphatic carbocycles. The third kappa shape index (κ3) is 5.02. The van der Waals surface area contributed by atoms with Gasteiger partial charge in [-0.3, -0.25) is 9.59 Å². The highest BCUT2D eigenvalue weighted by atomic mass is 35.5. The minimum atomic E-state index is -0.279. The topological polar surface area (TPSA) is 82.2 Å². The number of aromatic amines is 1. The van der Waals surface area contributed by atoms with Gasteiger partial charge >= 0.3 is 0 Å². The first-order valence-corrected chi connectivity index (χ1v) is 11.8. The molecule has 4 aromatic rings. The highest BCUT2D eigenvalue weighted by Crippen LogP contribution is 2.26. The summed E-state index contributed by atoms with van der Waals surface area (Å²) in [5.74, 6) is 0.389. The third-order valence-electron chi connectivity index (χ3n) is 6.23. The van der Waals surface area contributed by atoms with Gasteiger partial charge in [0.05, 0.1) is 11.1 Å². The molecule has 1 N–H and O–H groups in total. The first-order chi connectivity index (χ1) is 17.0. The standard InChI is InChI=1S/C26H23ClFN5O2/c27-19-6-4-18(5-7-19)24(35)22-15-21-25(31-22)29-16-30-26(21)33-13-11-32(12-14-33)23(34)10-3-17-1-8-20(28)9-2-17/h1-2,4-9,15-16H,3,10-14H2,(H,29,30,31). The Hall–Kier alpha value is -3.78. The van der Waals surface area contributed by atoms with Gasteiger partial charge in [0.25, 0.3) is 0 Å². The van der Waals surface area contributed by atoms with Crippen LogP contribution in [-0.2, 0) is 11.2 Å². The van der Waals surface area contributed by atoms with Gasteiger partial charge in [0.2, 0.25) is 11.7 Å². The number of halogens is 2.